The number of rotatable bonds is 1. The van der Waals surface area contributed by atoms with E-state index in [1.54, 1.807) is 11.4 Å². The summed E-state index contributed by atoms with van der Waals surface area (Å²) in [5, 5.41) is 9.48. The van der Waals surface area contributed by atoms with Crippen LogP contribution in [0, 0.1) is 0 Å². The highest BCUT2D eigenvalue weighted by Crippen LogP contribution is 2.33. The molecule has 3 aromatic heterocycles. The van der Waals surface area contributed by atoms with Crippen LogP contribution in [0.3, 0.4) is 0 Å². The fourth-order valence-electron chi connectivity index (χ4n) is 1.71. The molecule has 0 fully saturated rings. The fourth-order valence-corrected chi connectivity index (χ4v) is 2.51. The van der Waals surface area contributed by atoms with Crippen LogP contribution in [0.1, 0.15) is 5.56 Å². The molecule has 0 bridgehead atoms. The molecule has 0 aromatic carbocycles. The lowest BCUT2D eigenvalue weighted by Crippen LogP contribution is -2.06. The van der Waals surface area contributed by atoms with Crippen LogP contribution < -0.4 is 5.73 Å². The van der Waals surface area contributed by atoms with Gasteiger partial charge in [-0.05, 0) is 23.6 Å². The molecule has 0 saturated heterocycles. The fraction of sp³-hybridized carbons (Fsp3) is 0.0909. The molecule has 2 N–H and O–H groups in total. The highest BCUT2D eigenvalue weighted by atomic mass is 32.1. The minimum Gasteiger partial charge on any atom is -0.397 e. The van der Waals surface area contributed by atoms with Crippen LogP contribution in [0.25, 0.3) is 16.3 Å². The summed E-state index contributed by atoms with van der Waals surface area (Å²) in [7, 11) is 0. The number of thiophene rings is 1. The zero-order valence-electron chi connectivity index (χ0n) is 9.35. The smallest absolute Gasteiger partial charge is 0.397 e. The van der Waals surface area contributed by atoms with Crippen molar-refractivity contribution in [2.45, 2.75) is 6.18 Å². The second-order valence-electron chi connectivity index (χ2n) is 3.87. The molecule has 0 radical (unpaired) electrons. The molecule has 0 unspecified atom stereocenters. The third-order valence-electron chi connectivity index (χ3n) is 2.63. The van der Waals surface area contributed by atoms with E-state index in [0.29, 0.717) is 22.0 Å². The van der Waals surface area contributed by atoms with Crippen LogP contribution in [0.2, 0.25) is 0 Å². The summed E-state index contributed by atoms with van der Waals surface area (Å²) in [4.78, 5) is 0.604. The van der Waals surface area contributed by atoms with Gasteiger partial charge in [-0.1, -0.05) is 0 Å². The first-order chi connectivity index (χ1) is 8.97. The maximum atomic E-state index is 12.7. The standard InChI is InChI=1S/C11H7F3N4S/c12-11(13,14)6-1-2-8-16-17-10(18(8)5-6)9-7(15)3-4-19-9/h1-5H,15H2. The lowest BCUT2D eigenvalue weighted by molar-refractivity contribution is -0.137. The molecule has 4 nitrogen and oxygen atoms in total. The van der Waals surface area contributed by atoms with Crippen molar-refractivity contribution in [2.75, 3.05) is 5.73 Å². The lowest BCUT2D eigenvalue weighted by atomic mass is 10.2. The van der Waals surface area contributed by atoms with E-state index in [1.165, 1.54) is 21.8 Å². The third kappa shape index (κ3) is 1.93. The lowest BCUT2D eigenvalue weighted by Gasteiger charge is -2.07. The largest absolute Gasteiger partial charge is 0.417 e. The summed E-state index contributed by atoms with van der Waals surface area (Å²) in [6, 6.07) is 3.93. The van der Waals surface area contributed by atoms with Crippen molar-refractivity contribution in [3.05, 3.63) is 35.3 Å². The molecule has 0 saturated carbocycles. The molecule has 0 aliphatic carbocycles. The molecular formula is C11H7F3N4S. The first-order valence-electron chi connectivity index (χ1n) is 5.22. The van der Waals surface area contributed by atoms with E-state index >= 15 is 0 Å². The Morgan fingerprint density at radius 3 is 2.58 bits per heavy atom. The Labute approximate surface area is 109 Å². The number of nitrogens with zero attached hydrogens (tertiary/aromatic N) is 3. The number of hydrogen-bond acceptors (Lipinski definition) is 4. The Morgan fingerprint density at radius 2 is 1.95 bits per heavy atom. The van der Waals surface area contributed by atoms with Crippen molar-refractivity contribution in [3.63, 3.8) is 0 Å². The molecule has 0 aliphatic heterocycles. The number of halogens is 3. The number of nitrogens with two attached hydrogens (primary N) is 1. The topological polar surface area (TPSA) is 56.2 Å². The zero-order chi connectivity index (χ0) is 13.6. The molecule has 98 valence electrons. The number of aromatic nitrogens is 3. The Morgan fingerprint density at radius 1 is 1.16 bits per heavy atom. The van der Waals surface area contributed by atoms with E-state index in [0.717, 1.165) is 12.3 Å². The second kappa shape index (κ2) is 3.95. The van der Waals surface area contributed by atoms with Crippen LogP contribution in [-0.2, 0) is 6.18 Å². The SMILES string of the molecule is Nc1ccsc1-c1nnc2ccc(C(F)(F)F)cn12. The Kier molecular flexibility index (Phi) is 2.49. The van der Waals surface area contributed by atoms with E-state index in [1.807, 2.05) is 0 Å². The van der Waals surface area contributed by atoms with Crippen LogP contribution in [-0.4, -0.2) is 14.6 Å². The van der Waals surface area contributed by atoms with Crippen molar-refractivity contribution in [2.24, 2.45) is 0 Å². The summed E-state index contributed by atoms with van der Waals surface area (Å²) in [5.41, 5.74) is 5.81. The monoisotopic (exact) mass is 284 g/mol. The van der Waals surface area contributed by atoms with Gasteiger partial charge in [-0.15, -0.1) is 21.5 Å². The molecule has 3 aromatic rings. The predicted molar refractivity (Wildman–Crippen MR) is 65.7 cm³/mol. The summed E-state index contributed by atoms with van der Waals surface area (Å²) >= 11 is 1.31. The van der Waals surface area contributed by atoms with E-state index in [2.05, 4.69) is 10.2 Å². The minimum atomic E-state index is -4.41. The van der Waals surface area contributed by atoms with Gasteiger partial charge in [0.1, 0.15) is 0 Å². The summed E-state index contributed by atoms with van der Waals surface area (Å²) in [6.07, 6.45) is -3.43. The second-order valence-corrected chi connectivity index (χ2v) is 4.79. The van der Waals surface area contributed by atoms with E-state index in [9.17, 15) is 13.2 Å². The molecule has 0 atom stereocenters. The number of anilines is 1. The first kappa shape index (κ1) is 12.0. The number of hydrogen-bond donors (Lipinski definition) is 1. The number of nitrogen functional groups attached to an aromatic ring is 1. The van der Waals surface area contributed by atoms with Gasteiger partial charge in [0, 0.05) is 6.20 Å². The molecule has 3 rings (SSSR count). The van der Waals surface area contributed by atoms with Gasteiger partial charge in [0.2, 0.25) is 0 Å². The van der Waals surface area contributed by atoms with Gasteiger partial charge >= 0.3 is 6.18 Å². The van der Waals surface area contributed by atoms with Gasteiger partial charge in [-0.3, -0.25) is 4.40 Å². The molecule has 0 aliphatic rings. The summed E-state index contributed by atoms with van der Waals surface area (Å²) in [5.74, 6) is 0.314. The number of alkyl halides is 3. The van der Waals surface area contributed by atoms with Crippen LogP contribution in [0.15, 0.2) is 29.8 Å². The maximum absolute atomic E-state index is 12.7. The van der Waals surface area contributed by atoms with Crippen molar-refractivity contribution in [1.29, 1.82) is 0 Å². The first-order valence-corrected chi connectivity index (χ1v) is 6.10. The predicted octanol–water partition coefficient (Wildman–Crippen LogP) is 3.06. The highest BCUT2D eigenvalue weighted by Gasteiger charge is 2.31. The zero-order valence-corrected chi connectivity index (χ0v) is 10.2. The normalized spacial score (nSPS) is 12.2. The average Bonchev–Trinajstić information content (AvgIpc) is 2.92. The molecule has 0 amide bonds. The Hall–Kier alpha value is -2.09. The van der Waals surface area contributed by atoms with Crippen molar-refractivity contribution in [1.82, 2.24) is 14.6 Å². The van der Waals surface area contributed by atoms with Gasteiger partial charge in [0.15, 0.2) is 11.5 Å². The van der Waals surface area contributed by atoms with Gasteiger partial charge in [0.05, 0.1) is 16.1 Å². The third-order valence-corrected chi connectivity index (χ3v) is 3.55. The van der Waals surface area contributed by atoms with Crippen molar-refractivity contribution >= 4 is 22.7 Å². The Bertz CT molecular complexity index is 744. The van der Waals surface area contributed by atoms with Crippen molar-refractivity contribution in [3.8, 4) is 10.7 Å². The van der Waals surface area contributed by atoms with Crippen LogP contribution in [0.5, 0.6) is 0 Å². The average molecular weight is 284 g/mol. The van der Waals surface area contributed by atoms with E-state index < -0.39 is 11.7 Å². The number of fused-ring (bicyclic) bond motifs is 1. The highest BCUT2D eigenvalue weighted by molar-refractivity contribution is 7.14. The quantitative estimate of drug-likeness (QED) is 0.747. The van der Waals surface area contributed by atoms with Gasteiger partial charge in [-0.2, -0.15) is 13.2 Å². The Balaban J connectivity index is 2.25. The minimum absolute atomic E-state index is 0.314. The maximum Gasteiger partial charge on any atom is 0.417 e. The molecule has 19 heavy (non-hydrogen) atoms. The van der Waals surface area contributed by atoms with Crippen LogP contribution >= 0.6 is 11.3 Å². The van der Waals surface area contributed by atoms with Gasteiger partial charge in [-0.25, -0.2) is 0 Å². The summed E-state index contributed by atoms with van der Waals surface area (Å²) < 4.78 is 39.4. The number of pyridine rings is 1. The van der Waals surface area contributed by atoms with E-state index in [4.69, 9.17) is 5.73 Å². The van der Waals surface area contributed by atoms with Crippen molar-refractivity contribution < 1.29 is 13.2 Å². The van der Waals surface area contributed by atoms with Gasteiger partial charge in [0.25, 0.3) is 0 Å². The molecule has 0 spiro atoms. The van der Waals surface area contributed by atoms with Crippen LogP contribution in [0.4, 0.5) is 18.9 Å². The molecule has 3 heterocycles. The van der Waals surface area contributed by atoms with Gasteiger partial charge < -0.3 is 5.73 Å². The molecular weight excluding hydrogens is 277 g/mol. The molecule has 8 heteroatoms. The summed E-state index contributed by atoms with van der Waals surface area (Å²) in [6.45, 7) is 0. The van der Waals surface area contributed by atoms with E-state index in [-0.39, 0.29) is 0 Å².